The van der Waals surface area contributed by atoms with E-state index in [1.807, 2.05) is 0 Å². The maximum Gasteiger partial charge on any atom is 0.0354 e. The molecule has 2 nitrogen and oxygen atoms in total. The Bertz CT molecular complexity index is 601. The summed E-state index contributed by atoms with van der Waals surface area (Å²) in [6, 6.07) is 22.4. The molecule has 1 atom stereocenters. The predicted octanol–water partition coefficient (Wildman–Crippen LogP) is 4.63. The van der Waals surface area contributed by atoms with E-state index < -0.39 is 0 Å². The zero-order valence-electron chi connectivity index (χ0n) is 15.8. The first-order valence-electron chi connectivity index (χ1n) is 9.70. The van der Waals surface area contributed by atoms with Gasteiger partial charge in [0.2, 0.25) is 0 Å². The normalized spacial score (nSPS) is 17.7. The minimum Gasteiger partial charge on any atom is -0.303 e. The van der Waals surface area contributed by atoms with Crippen molar-refractivity contribution in [2.45, 2.75) is 31.7 Å². The van der Waals surface area contributed by atoms with E-state index in [9.17, 15) is 0 Å². The van der Waals surface area contributed by atoms with Crippen molar-refractivity contribution in [3.05, 3.63) is 71.8 Å². The molecule has 0 N–H and O–H groups in total. The van der Waals surface area contributed by atoms with Gasteiger partial charge in [-0.25, -0.2) is 0 Å². The summed E-state index contributed by atoms with van der Waals surface area (Å²) in [7, 11) is 4.40. The summed E-state index contributed by atoms with van der Waals surface area (Å²) in [5.41, 5.74) is 2.93. The largest absolute Gasteiger partial charge is 0.303 e. The minimum atomic E-state index is 0.517. The van der Waals surface area contributed by atoms with E-state index in [2.05, 4.69) is 84.6 Å². The van der Waals surface area contributed by atoms with Crippen LogP contribution in [0, 0.1) is 5.92 Å². The Balaban J connectivity index is 1.45. The Hall–Kier alpha value is -1.64. The molecule has 25 heavy (non-hydrogen) atoms. The van der Waals surface area contributed by atoms with Crippen molar-refractivity contribution in [2.75, 3.05) is 33.7 Å². The second-order valence-electron chi connectivity index (χ2n) is 7.65. The van der Waals surface area contributed by atoms with Crippen LogP contribution in [0.15, 0.2) is 60.7 Å². The van der Waals surface area contributed by atoms with E-state index in [1.54, 1.807) is 0 Å². The molecule has 0 saturated carbocycles. The molecule has 134 valence electrons. The SMILES string of the molecule is CN(C)C(CCN1CCC(Cc2ccccc2)CC1)c1ccccc1. The molecule has 0 spiro atoms. The maximum absolute atomic E-state index is 2.67. The van der Waals surface area contributed by atoms with Gasteiger partial charge in [0.05, 0.1) is 0 Å². The molecular weight excluding hydrogens is 304 g/mol. The summed E-state index contributed by atoms with van der Waals surface area (Å²) in [6.07, 6.45) is 5.14. The first-order chi connectivity index (χ1) is 12.2. The van der Waals surface area contributed by atoms with Crippen LogP contribution in [0.1, 0.15) is 36.4 Å². The Morgan fingerprint density at radius 3 is 2.12 bits per heavy atom. The molecule has 2 aromatic carbocycles. The Labute approximate surface area is 153 Å². The van der Waals surface area contributed by atoms with Crippen molar-refractivity contribution in [1.82, 2.24) is 9.80 Å². The summed E-state index contributed by atoms with van der Waals surface area (Å²) >= 11 is 0. The molecule has 1 aliphatic heterocycles. The van der Waals surface area contributed by atoms with Crippen LogP contribution >= 0.6 is 0 Å². The molecule has 1 saturated heterocycles. The molecule has 1 heterocycles. The molecule has 0 aromatic heterocycles. The van der Waals surface area contributed by atoms with E-state index in [4.69, 9.17) is 0 Å². The van der Waals surface area contributed by atoms with Gasteiger partial charge in [0.25, 0.3) is 0 Å². The molecule has 0 bridgehead atoms. The van der Waals surface area contributed by atoms with Gasteiger partial charge in [-0.15, -0.1) is 0 Å². The highest BCUT2D eigenvalue weighted by atomic mass is 15.1. The molecule has 2 heteroatoms. The van der Waals surface area contributed by atoms with Crippen molar-refractivity contribution in [3.8, 4) is 0 Å². The number of nitrogens with zero attached hydrogens (tertiary/aromatic N) is 2. The van der Waals surface area contributed by atoms with Crippen molar-refractivity contribution in [3.63, 3.8) is 0 Å². The fourth-order valence-electron chi connectivity index (χ4n) is 4.06. The molecule has 1 unspecified atom stereocenters. The highest BCUT2D eigenvalue weighted by Gasteiger charge is 2.21. The van der Waals surface area contributed by atoms with Crippen molar-refractivity contribution in [1.29, 1.82) is 0 Å². The summed E-state index contributed by atoms with van der Waals surface area (Å²) in [5, 5.41) is 0. The lowest BCUT2D eigenvalue weighted by Gasteiger charge is -2.34. The lowest BCUT2D eigenvalue weighted by molar-refractivity contribution is 0.162. The summed E-state index contributed by atoms with van der Waals surface area (Å²) in [5.74, 6) is 0.859. The third-order valence-electron chi connectivity index (χ3n) is 5.60. The Morgan fingerprint density at radius 2 is 1.52 bits per heavy atom. The third-order valence-corrected chi connectivity index (χ3v) is 5.60. The highest BCUT2D eigenvalue weighted by molar-refractivity contribution is 5.19. The van der Waals surface area contributed by atoms with Gasteiger partial charge < -0.3 is 9.80 Å². The van der Waals surface area contributed by atoms with Crippen molar-refractivity contribution >= 4 is 0 Å². The second-order valence-corrected chi connectivity index (χ2v) is 7.65. The summed E-state index contributed by atoms with van der Waals surface area (Å²) < 4.78 is 0. The van der Waals surface area contributed by atoms with E-state index in [0.717, 1.165) is 5.92 Å². The predicted molar refractivity (Wildman–Crippen MR) is 107 cm³/mol. The van der Waals surface area contributed by atoms with Gasteiger partial charge in [-0.05, 0) is 76.5 Å². The lowest BCUT2D eigenvalue weighted by Crippen LogP contribution is -2.36. The molecular formula is C23H32N2. The molecule has 0 radical (unpaired) electrons. The molecule has 1 fully saturated rings. The molecule has 2 aromatic rings. The van der Waals surface area contributed by atoms with Gasteiger partial charge in [0.15, 0.2) is 0 Å². The summed E-state index contributed by atoms with van der Waals surface area (Å²) in [4.78, 5) is 5.03. The molecule has 3 rings (SSSR count). The van der Waals surface area contributed by atoms with Crippen LogP contribution in [-0.4, -0.2) is 43.5 Å². The molecule has 0 aliphatic carbocycles. The number of piperidine rings is 1. The van der Waals surface area contributed by atoms with E-state index in [0.29, 0.717) is 6.04 Å². The van der Waals surface area contributed by atoms with Gasteiger partial charge in [-0.1, -0.05) is 60.7 Å². The van der Waals surface area contributed by atoms with Crippen LogP contribution in [0.5, 0.6) is 0 Å². The van der Waals surface area contributed by atoms with Crippen LogP contribution in [-0.2, 0) is 6.42 Å². The zero-order valence-corrected chi connectivity index (χ0v) is 15.8. The maximum atomic E-state index is 2.67. The van der Waals surface area contributed by atoms with Gasteiger partial charge in [0, 0.05) is 6.04 Å². The number of hydrogen-bond acceptors (Lipinski definition) is 2. The van der Waals surface area contributed by atoms with Crippen molar-refractivity contribution in [2.24, 2.45) is 5.92 Å². The fraction of sp³-hybridized carbons (Fsp3) is 0.478. The van der Waals surface area contributed by atoms with Crippen LogP contribution in [0.4, 0.5) is 0 Å². The number of benzene rings is 2. The standard InChI is InChI=1S/C23H32N2/c1-24(2)23(22-11-7-4-8-12-22)15-18-25-16-13-21(14-17-25)19-20-9-5-3-6-10-20/h3-12,21,23H,13-19H2,1-2H3. The van der Waals surface area contributed by atoms with E-state index in [-0.39, 0.29) is 0 Å². The fourth-order valence-corrected chi connectivity index (χ4v) is 4.06. The first kappa shape index (κ1) is 18.2. The number of rotatable bonds is 7. The van der Waals surface area contributed by atoms with Crippen LogP contribution in [0.25, 0.3) is 0 Å². The minimum absolute atomic E-state index is 0.517. The first-order valence-corrected chi connectivity index (χ1v) is 9.70. The van der Waals surface area contributed by atoms with E-state index in [1.165, 1.54) is 56.4 Å². The average molecular weight is 337 g/mol. The Kier molecular flexibility index (Phi) is 6.66. The van der Waals surface area contributed by atoms with Gasteiger partial charge in [0.1, 0.15) is 0 Å². The number of hydrogen-bond donors (Lipinski definition) is 0. The van der Waals surface area contributed by atoms with E-state index >= 15 is 0 Å². The van der Waals surface area contributed by atoms with Crippen LogP contribution in [0.3, 0.4) is 0 Å². The van der Waals surface area contributed by atoms with Crippen molar-refractivity contribution < 1.29 is 0 Å². The third kappa shape index (κ3) is 5.42. The van der Waals surface area contributed by atoms with Gasteiger partial charge in [-0.3, -0.25) is 0 Å². The monoisotopic (exact) mass is 336 g/mol. The molecule has 1 aliphatic rings. The van der Waals surface area contributed by atoms with Gasteiger partial charge >= 0.3 is 0 Å². The quantitative estimate of drug-likeness (QED) is 0.727. The Morgan fingerprint density at radius 1 is 0.920 bits per heavy atom. The summed E-state index contributed by atoms with van der Waals surface area (Å²) in [6.45, 7) is 3.72. The zero-order chi connectivity index (χ0) is 17.5. The lowest BCUT2D eigenvalue weighted by atomic mass is 9.90. The smallest absolute Gasteiger partial charge is 0.0354 e. The number of likely N-dealkylation sites (tertiary alicyclic amines) is 1. The molecule has 0 amide bonds. The second kappa shape index (κ2) is 9.17. The highest BCUT2D eigenvalue weighted by Crippen LogP contribution is 2.25. The average Bonchev–Trinajstić information content (AvgIpc) is 2.65. The van der Waals surface area contributed by atoms with Gasteiger partial charge in [-0.2, -0.15) is 0 Å². The topological polar surface area (TPSA) is 6.48 Å². The van der Waals surface area contributed by atoms with Crippen LogP contribution < -0.4 is 0 Å². The van der Waals surface area contributed by atoms with Crippen LogP contribution in [0.2, 0.25) is 0 Å².